The molecule has 2 heterocycles. The van der Waals surface area contributed by atoms with Gasteiger partial charge in [-0.3, -0.25) is 19.5 Å². The molecule has 2 amide bonds. The standard InChI is InChI=1S/C22H29N5O2S/c1-3-16-15-26-19(30-16)11-13-25-22(23-4-2)24-12-7-8-14-27-20(28)17-9-5-6-10-18(17)21(27)29/h5-6,9-10,15H,3-4,7-8,11-14H2,1-2H3,(H2,23,24,25). The summed E-state index contributed by atoms with van der Waals surface area (Å²) in [6.07, 6.45) is 5.38. The van der Waals surface area contributed by atoms with Crippen LogP contribution in [0.15, 0.2) is 35.5 Å². The van der Waals surface area contributed by atoms with Crippen molar-refractivity contribution in [3.63, 3.8) is 0 Å². The molecule has 0 atom stereocenters. The van der Waals surface area contributed by atoms with Gasteiger partial charge in [0.25, 0.3) is 11.8 Å². The van der Waals surface area contributed by atoms with Gasteiger partial charge in [0.2, 0.25) is 0 Å². The first-order valence-corrected chi connectivity index (χ1v) is 11.4. The van der Waals surface area contributed by atoms with Gasteiger partial charge in [-0.25, -0.2) is 4.98 Å². The maximum absolute atomic E-state index is 12.4. The second kappa shape index (κ2) is 10.9. The molecule has 0 radical (unpaired) electrons. The normalized spacial score (nSPS) is 13.7. The Morgan fingerprint density at radius 1 is 1.10 bits per heavy atom. The summed E-state index contributed by atoms with van der Waals surface area (Å²) < 4.78 is 0. The van der Waals surface area contributed by atoms with Gasteiger partial charge in [0.05, 0.1) is 16.1 Å². The number of aliphatic imine (C=N–C) groups is 1. The van der Waals surface area contributed by atoms with Crippen molar-refractivity contribution in [2.75, 3.05) is 26.2 Å². The summed E-state index contributed by atoms with van der Waals surface area (Å²) in [5.74, 6) is 0.399. The highest BCUT2D eigenvalue weighted by atomic mass is 32.1. The third kappa shape index (κ3) is 5.44. The number of fused-ring (bicyclic) bond motifs is 1. The molecule has 7 nitrogen and oxygen atoms in total. The zero-order chi connectivity index (χ0) is 21.3. The van der Waals surface area contributed by atoms with E-state index >= 15 is 0 Å². The van der Waals surface area contributed by atoms with Gasteiger partial charge in [0.15, 0.2) is 5.96 Å². The van der Waals surface area contributed by atoms with Crippen LogP contribution in [0.3, 0.4) is 0 Å². The van der Waals surface area contributed by atoms with E-state index in [4.69, 9.17) is 0 Å². The molecule has 0 aliphatic carbocycles. The molecule has 0 spiro atoms. The number of amides is 2. The van der Waals surface area contributed by atoms with E-state index in [0.29, 0.717) is 24.2 Å². The summed E-state index contributed by atoms with van der Waals surface area (Å²) in [6, 6.07) is 7.00. The fourth-order valence-corrected chi connectivity index (χ4v) is 4.13. The molecule has 0 unspecified atom stereocenters. The Hall–Kier alpha value is -2.74. The van der Waals surface area contributed by atoms with Gasteiger partial charge in [0, 0.05) is 43.7 Å². The number of thiazole rings is 1. The van der Waals surface area contributed by atoms with Crippen molar-refractivity contribution in [1.82, 2.24) is 20.5 Å². The highest BCUT2D eigenvalue weighted by molar-refractivity contribution is 7.11. The summed E-state index contributed by atoms with van der Waals surface area (Å²) >= 11 is 1.76. The van der Waals surface area contributed by atoms with Gasteiger partial charge >= 0.3 is 0 Å². The summed E-state index contributed by atoms with van der Waals surface area (Å²) in [7, 11) is 0. The number of imide groups is 1. The Kier molecular flexibility index (Phi) is 7.96. The predicted octanol–water partition coefficient (Wildman–Crippen LogP) is 2.88. The maximum Gasteiger partial charge on any atom is 0.261 e. The second-order valence-electron chi connectivity index (χ2n) is 7.03. The van der Waals surface area contributed by atoms with Crippen LogP contribution in [-0.4, -0.2) is 53.8 Å². The van der Waals surface area contributed by atoms with Crippen LogP contribution in [0.1, 0.15) is 57.3 Å². The van der Waals surface area contributed by atoms with Crippen LogP contribution in [0.2, 0.25) is 0 Å². The fourth-order valence-electron chi connectivity index (χ4n) is 3.27. The molecule has 0 saturated carbocycles. The number of carbonyl (C=O) groups excluding carboxylic acids is 2. The van der Waals surface area contributed by atoms with E-state index in [2.05, 4.69) is 27.5 Å². The number of nitrogens with one attached hydrogen (secondary N) is 2. The molecule has 3 rings (SSSR count). The van der Waals surface area contributed by atoms with Crippen molar-refractivity contribution in [3.8, 4) is 0 Å². The largest absolute Gasteiger partial charge is 0.357 e. The zero-order valence-corrected chi connectivity index (χ0v) is 18.4. The molecule has 1 aliphatic rings. The number of hydrogen-bond donors (Lipinski definition) is 2. The van der Waals surface area contributed by atoms with Gasteiger partial charge in [0.1, 0.15) is 0 Å². The molecule has 2 aromatic rings. The molecule has 1 aromatic carbocycles. The van der Waals surface area contributed by atoms with Crippen molar-refractivity contribution in [1.29, 1.82) is 0 Å². The summed E-state index contributed by atoms with van der Waals surface area (Å²) in [5, 5.41) is 7.72. The monoisotopic (exact) mass is 427 g/mol. The number of benzene rings is 1. The average Bonchev–Trinajstić information content (AvgIpc) is 3.32. The molecule has 0 bridgehead atoms. The Morgan fingerprint density at radius 3 is 2.47 bits per heavy atom. The lowest BCUT2D eigenvalue weighted by atomic mass is 10.1. The number of aryl methyl sites for hydroxylation is 1. The van der Waals surface area contributed by atoms with E-state index in [0.717, 1.165) is 49.7 Å². The molecule has 2 N–H and O–H groups in total. The highest BCUT2D eigenvalue weighted by Gasteiger charge is 2.34. The molecule has 1 aromatic heterocycles. The number of aromatic nitrogens is 1. The van der Waals surface area contributed by atoms with E-state index in [9.17, 15) is 9.59 Å². The third-order valence-corrected chi connectivity index (χ3v) is 6.06. The van der Waals surface area contributed by atoms with E-state index in [1.54, 1.807) is 35.6 Å². The Bertz CT molecular complexity index is 873. The smallest absolute Gasteiger partial charge is 0.261 e. The van der Waals surface area contributed by atoms with E-state index in [-0.39, 0.29) is 11.8 Å². The SMILES string of the molecule is CCNC(=NCCCCN1C(=O)c2ccccc2C1=O)NCCc1ncc(CC)s1. The summed E-state index contributed by atoms with van der Waals surface area (Å²) in [5.41, 5.74) is 1.01. The minimum absolute atomic E-state index is 0.192. The van der Waals surface area contributed by atoms with Crippen molar-refractivity contribution >= 4 is 29.1 Å². The molecule has 1 aliphatic heterocycles. The molecule has 30 heavy (non-hydrogen) atoms. The predicted molar refractivity (Wildman–Crippen MR) is 120 cm³/mol. The van der Waals surface area contributed by atoms with E-state index in [1.165, 1.54) is 9.78 Å². The van der Waals surface area contributed by atoms with Gasteiger partial charge in [-0.15, -0.1) is 11.3 Å². The summed E-state index contributed by atoms with van der Waals surface area (Å²) in [6.45, 7) is 6.80. The van der Waals surface area contributed by atoms with Gasteiger partial charge < -0.3 is 10.6 Å². The fraction of sp³-hybridized carbons (Fsp3) is 0.455. The van der Waals surface area contributed by atoms with E-state index in [1.807, 2.05) is 13.1 Å². The van der Waals surface area contributed by atoms with Crippen LogP contribution in [-0.2, 0) is 12.8 Å². The first kappa shape index (κ1) is 22.0. The molecule has 160 valence electrons. The summed E-state index contributed by atoms with van der Waals surface area (Å²) in [4.78, 5) is 36.4. The topological polar surface area (TPSA) is 86.7 Å². The van der Waals surface area contributed by atoms with Crippen molar-refractivity contribution < 1.29 is 9.59 Å². The quantitative estimate of drug-likeness (QED) is 0.264. The Morgan fingerprint density at radius 2 is 1.83 bits per heavy atom. The molecular weight excluding hydrogens is 398 g/mol. The van der Waals surface area contributed by atoms with Crippen LogP contribution in [0, 0.1) is 0 Å². The Balaban J connectivity index is 1.40. The molecule has 8 heteroatoms. The lowest BCUT2D eigenvalue weighted by molar-refractivity contribution is 0.0652. The van der Waals surface area contributed by atoms with Gasteiger partial charge in [-0.05, 0) is 38.3 Å². The molecular formula is C22H29N5O2S. The minimum atomic E-state index is -0.192. The number of unbranched alkanes of at least 4 members (excludes halogenated alkanes) is 1. The van der Waals surface area contributed by atoms with Crippen LogP contribution in [0.4, 0.5) is 0 Å². The number of hydrogen-bond acceptors (Lipinski definition) is 5. The minimum Gasteiger partial charge on any atom is -0.357 e. The lowest BCUT2D eigenvalue weighted by Crippen LogP contribution is -2.38. The maximum atomic E-state index is 12.4. The molecule has 0 saturated heterocycles. The lowest BCUT2D eigenvalue weighted by Gasteiger charge is -2.13. The first-order chi connectivity index (χ1) is 14.6. The number of guanidine groups is 1. The van der Waals surface area contributed by atoms with Crippen LogP contribution < -0.4 is 10.6 Å². The van der Waals surface area contributed by atoms with Crippen LogP contribution in [0.25, 0.3) is 0 Å². The zero-order valence-electron chi connectivity index (χ0n) is 17.6. The number of rotatable bonds is 10. The Labute approximate surface area is 181 Å². The van der Waals surface area contributed by atoms with Crippen molar-refractivity contribution in [2.45, 2.75) is 39.5 Å². The number of nitrogens with zero attached hydrogens (tertiary/aromatic N) is 3. The van der Waals surface area contributed by atoms with Crippen molar-refractivity contribution in [3.05, 3.63) is 51.5 Å². The number of carbonyl (C=O) groups is 2. The highest BCUT2D eigenvalue weighted by Crippen LogP contribution is 2.22. The average molecular weight is 428 g/mol. The van der Waals surface area contributed by atoms with Gasteiger partial charge in [-0.2, -0.15) is 0 Å². The van der Waals surface area contributed by atoms with Crippen LogP contribution >= 0.6 is 11.3 Å². The first-order valence-electron chi connectivity index (χ1n) is 10.5. The van der Waals surface area contributed by atoms with Crippen LogP contribution in [0.5, 0.6) is 0 Å². The van der Waals surface area contributed by atoms with Gasteiger partial charge in [-0.1, -0.05) is 19.1 Å². The molecule has 0 fully saturated rings. The third-order valence-electron chi connectivity index (χ3n) is 4.86. The second-order valence-corrected chi connectivity index (χ2v) is 8.23. The van der Waals surface area contributed by atoms with E-state index < -0.39 is 0 Å². The van der Waals surface area contributed by atoms with Crippen molar-refractivity contribution in [2.24, 2.45) is 4.99 Å².